The van der Waals surface area contributed by atoms with Crippen LogP contribution in [-0.2, 0) is 6.42 Å². The average molecular weight is 391 g/mol. The van der Waals surface area contributed by atoms with E-state index in [0.29, 0.717) is 45.5 Å². The van der Waals surface area contributed by atoms with Crippen molar-refractivity contribution in [2.75, 3.05) is 26.9 Å². The molecule has 0 atom stereocenters. The van der Waals surface area contributed by atoms with Gasteiger partial charge in [-0.15, -0.1) is 0 Å². The lowest BCUT2D eigenvalue weighted by Gasteiger charge is -2.14. The summed E-state index contributed by atoms with van der Waals surface area (Å²) in [5, 5.41) is 1.17. The second-order valence-electron chi connectivity index (χ2n) is 4.92. The highest BCUT2D eigenvalue weighted by molar-refractivity contribution is 6.40. The molecule has 130 valence electrons. The fourth-order valence-electron chi connectivity index (χ4n) is 2.12. The molecule has 0 aromatic heterocycles. The first-order valence-electron chi connectivity index (χ1n) is 7.32. The van der Waals surface area contributed by atoms with E-state index in [9.17, 15) is 0 Å². The second-order valence-corrected chi connectivity index (χ2v) is 6.17. The van der Waals surface area contributed by atoms with Crippen molar-refractivity contribution >= 4 is 34.8 Å². The van der Waals surface area contributed by atoms with E-state index in [0.717, 1.165) is 12.0 Å². The largest absolute Gasteiger partial charge is 0.493 e. The number of halogens is 3. The summed E-state index contributed by atoms with van der Waals surface area (Å²) in [6, 6.07) is 8.87. The molecule has 0 heterocycles. The van der Waals surface area contributed by atoms with E-state index in [4.69, 9.17) is 54.7 Å². The molecule has 2 N–H and O–H groups in total. The molecule has 2 rings (SSSR count). The van der Waals surface area contributed by atoms with E-state index >= 15 is 0 Å². The lowest BCUT2D eigenvalue weighted by atomic mass is 10.1. The van der Waals surface area contributed by atoms with Gasteiger partial charge in [0.15, 0.2) is 17.2 Å². The normalized spacial score (nSPS) is 10.5. The van der Waals surface area contributed by atoms with E-state index in [1.54, 1.807) is 19.2 Å². The molecule has 0 saturated heterocycles. The van der Waals surface area contributed by atoms with Gasteiger partial charge in [0.2, 0.25) is 0 Å². The summed E-state index contributed by atoms with van der Waals surface area (Å²) >= 11 is 18.0. The molecule has 2 aromatic carbocycles. The lowest BCUT2D eigenvalue weighted by Crippen LogP contribution is -2.10. The Morgan fingerprint density at radius 2 is 1.58 bits per heavy atom. The summed E-state index contributed by atoms with van der Waals surface area (Å²) in [6.45, 7) is 1.14. The maximum absolute atomic E-state index is 6.07. The van der Waals surface area contributed by atoms with Crippen LogP contribution in [0.5, 0.6) is 17.2 Å². The molecule has 0 amide bonds. The van der Waals surface area contributed by atoms with Gasteiger partial charge in [0.1, 0.15) is 13.2 Å². The minimum absolute atomic E-state index is 0.269. The molecule has 0 aliphatic rings. The van der Waals surface area contributed by atoms with E-state index < -0.39 is 0 Å². The maximum Gasteiger partial charge on any atom is 0.161 e. The smallest absolute Gasteiger partial charge is 0.161 e. The Kier molecular flexibility index (Phi) is 7.31. The summed E-state index contributed by atoms with van der Waals surface area (Å²) in [5.41, 5.74) is 6.66. The Morgan fingerprint density at radius 1 is 0.917 bits per heavy atom. The summed E-state index contributed by atoms with van der Waals surface area (Å²) in [6.07, 6.45) is 0.771. The Bertz CT molecular complexity index is 672. The molecular formula is C17H18Cl3NO3. The minimum atomic E-state index is 0.269. The van der Waals surface area contributed by atoms with E-state index in [1.165, 1.54) is 0 Å². The molecule has 0 aliphatic heterocycles. The summed E-state index contributed by atoms with van der Waals surface area (Å²) in [4.78, 5) is 0. The zero-order valence-electron chi connectivity index (χ0n) is 13.2. The topological polar surface area (TPSA) is 53.7 Å². The molecule has 0 radical (unpaired) electrons. The van der Waals surface area contributed by atoms with Gasteiger partial charge in [-0.1, -0.05) is 40.9 Å². The molecule has 0 bridgehead atoms. The molecule has 0 spiro atoms. The monoisotopic (exact) mass is 389 g/mol. The van der Waals surface area contributed by atoms with Crippen molar-refractivity contribution in [3.05, 3.63) is 51.0 Å². The Hall–Kier alpha value is -1.33. The number of hydrogen-bond donors (Lipinski definition) is 1. The SMILES string of the molecule is COc1ccc(CCN)cc1OCCOc1c(Cl)cc(Cl)cc1Cl. The zero-order valence-corrected chi connectivity index (χ0v) is 15.4. The Balaban J connectivity index is 1.96. The van der Waals surface area contributed by atoms with Crippen molar-refractivity contribution in [1.82, 2.24) is 0 Å². The molecule has 0 aliphatic carbocycles. The molecule has 24 heavy (non-hydrogen) atoms. The van der Waals surface area contributed by atoms with Crippen LogP contribution in [0.25, 0.3) is 0 Å². The van der Waals surface area contributed by atoms with Crippen LogP contribution in [0.1, 0.15) is 5.56 Å². The number of hydrogen-bond acceptors (Lipinski definition) is 4. The van der Waals surface area contributed by atoms with Crippen molar-refractivity contribution in [2.24, 2.45) is 5.73 Å². The predicted molar refractivity (Wildman–Crippen MR) is 98.2 cm³/mol. The quantitative estimate of drug-likeness (QED) is 0.669. The highest BCUT2D eigenvalue weighted by atomic mass is 35.5. The lowest BCUT2D eigenvalue weighted by molar-refractivity contribution is 0.211. The van der Waals surface area contributed by atoms with Gasteiger partial charge >= 0.3 is 0 Å². The van der Waals surface area contributed by atoms with Gasteiger partial charge in [-0.3, -0.25) is 0 Å². The fourth-order valence-corrected chi connectivity index (χ4v) is 3.04. The highest BCUT2D eigenvalue weighted by Crippen LogP contribution is 2.35. The van der Waals surface area contributed by atoms with Crippen LogP contribution >= 0.6 is 34.8 Å². The first-order chi connectivity index (χ1) is 11.5. The van der Waals surface area contributed by atoms with Crippen molar-refractivity contribution in [3.8, 4) is 17.2 Å². The van der Waals surface area contributed by atoms with Crippen LogP contribution in [0.4, 0.5) is 0 Å². The molecule has 2 aromatic rings. The van der Waals surface area contributed by atoms with Crippen LogP contribution in [0.15, 0.2) is 30.3 Å². The van der Waals surface area contributed by atoms with Crippen LogP contribution in [0, 0.1) is 0 Å². The van der Waals surface area contributed by atoms with E-state index in [2.05, 4.69) is 0 Å². The molecule has 7 heteroatoms. The summed E-state index contributed by atoms with van der Waals surface area (Å²) in [5.74, 6) is 1.67. The molecule has 4 nitrogen and oxygen atoms in total. The third kappa shape index (κ3) is 5.08. The fraction of sp³-hybridized carbons (Fsp3) is 0.294. The van der Waals surface area contributed by atoms with Crippen LogP contribution in [0.3, 0.4) is 0 Å². The van der Waals surface area contributed by atoms with Crippen molar-refractivity contribution in [3.63, 3.8) is 0 Å². The average Bonchev–Trinajstić information content (AvgIpc) is 2.53. The molecule has 0 saturated carbocycles. The third-order valence-electron chi connectivity index (χ3n) is 3.21. The minimum Gasteiger partial charge on any atom is -0.493 e. The Morgan fingerprint density at radius 3 is 2.21 bits per heavy atom. The molecular weight excluding hydrogens is 373 g/mol. The van der Waals surface area contributed by atoms with E-state index in [1.807, 2.05) is 18.2 Å². The zero-order chi connectivity index (χ0) is 17.5. The standard InChI is InChI=1S/C17H18Cl3NO3/c1-22-15-3-2-11(4-5-21)8-16(15)23-6-7-24-17-13(19)9-12(18)10-14(17)20/h2-3,8-10H,4-7,21H2,1H3. The van der Waals surface area contributed by atoms with Gasteiger partial charge in [0.25, 0.3) is 0 Å². The van der Waals surface area contributed by atoms with Crippen LogP contribution in [-0.4, -0.2) is 26.9 Å². The highest BCUT2D eigenvalue weighted by Gasteiger charge is 2.10. The van der Waals surface area contributed by atoms with Gasteiger partial charge in [0.05, 0.1) is 17.2 Å². The van der Waals surface area contributed by atoms with E-state index in [-0.39, 0.29) is 6.61 Å². The number of nitrogens with two attached hydrogens (primary N) is 1. The molecule has 0 unspecified atom stereocenters. The van der Waals surface area contributed by atoms with Gasteiger partial charge in [-0.2, -0.15) is 0 Å². The Labute approximate surface area is 156 Å². The third-order valence-corrected chi connectivity index (χ3v) is 3.99. The molecule has 0 fully saturated rings. The van der Waals surface area contributed by atoms with Gasteiger partial charge in [-0.05, 0) is 42.8 Å². The van der Waals surface area contributed by atoms with Crippen molar-refractivity contribution in [2.45, 2.75) is 6.42 Å². The summed E-state index contributed by atoms with van der Waals surface area (Å²) in [7, 11) is 1.59. The van der Waals surface area contributed by atoms with Gasteiger partial charge in [-0.25, -0.2) is 0 Å². The number of ether oxygens (including phenoxy) is 3. The van der Waals surface area contributed by atoms with Crippen molar-refractivity contribution < 1.29 is 14.2 Å². The first-order valence-corrected chi connectivity index (χ1v) is 8.45. The number of benzene rings is 2. The number of rotatable bonds is 8. The van der Waals surface area contributed by atoms with Gasteiger partial charge < -0.3 is 19.9 Å². The van der Waals surface area contributed by atoms with Gasteiger partial charge in [0, 0.05) is 5.02 Å². The van der Waals surface area contributed by atoms with Crippen LogP contribution in [0.2, 0.25) is 15.1 Å². The summed E-state index contributed by atoms with van der Waals surface area (Å²) < 4.78 is 16.6. The van der Waals surface area contributed by atoms with Crippen molar-refractivity contribution in [1.29, 1.82) is 0 Å². The maximum atomic E-state index is 6.07. The number of methoxy groups -OCH3 is 1. The first kappa shape index (κ1) is 19.0. The predicted octanol–water partition coefficient (Wildman–Crippen LogP) is 4.61. The van der Waals surface area contributed by atoms with Crippen LogP contribution < -0.4 is 19.9 Å². The second kappa shape index (κ2) is 9.23.